The number of benzene rings is 1. The van der Waals surface area contributed by atoms with Crippen molar-refractivity contribution in [3.63, 3.8) is 0 Å². The van der Waals surface area contributed by atoms with E-state index in [0.717, 1.165) is 6.42 Å². The summed E-state index contributed by atoms with van der Waals surface area (Å²) in [5.74, 6) is 2.66. The number of ether oxygens (including phenoxy) is 2. The van der Waals surface area contributed by atoms with E-state index in [1.165, 1.54) is 0 Å². The second-order valence-electron chi connectivity index (χ2n) is 4.73. The smallest absolute Gasteiger partial charge is 0.338 e. The Balaban J connectivity index is 2.23. The zero-order valence-corrected chi connectivity index (χ0v) is 12.7. The van der Waals surface area contributed by atoms with Crippen molar-refractivity contribution in [1.29, 1.82) is 0 Å². The van der Waals surface area contributed by atoms with E-state index in [4.69, 9.17) is 15.9 Å². The lowest BCUT2D eigenvalue weighted by molar-refractivity contribution is 0.0502. The van der Waals surface area contributed by atoms with Crippen molar-refractivity contribution in [2.75, 3.05) is 6.61 Å². The van der Waals surface area contributed by atoms with Crippen LogP contribution >= 0.6 is 0 Å². The molecular weight excluding hydrogens is 280 g/mol. The number of carbonyl (C=O) groups excluding carboxylic acids is 1. The molecule has 0 saturated heterocycles. The van der Waals surface area contributed by atoms with Crippen LogP contribution in [0.15, 0.2) is 30.5 Å². The summed E-state index contributed by atoms with van der Waals surface area (Å²) in [6.45, 7) is 2.48. The molecule has 0 atom stereocenters. The molecule has 1 aromatic carbocycles. The van der Waals surface area contributed by atoms with Crippen LogP contribution in [0, 0.1) is 12.3 Å². The van der Waals surface area contributed by atoms with Gasteiger partial charge >= 0.3 is 5.97 Å². The van der Waals surface area contributed by atoms with Gasteiger partial charge in [0.1, 0.15) is 6.61 Å². The Morgan fingerprint density at radius 1 is 1.41 bits per heavy atom. The van der Waals surface area contributed by atoms with Crippen LogP contribution < -0.4 is 4.74 Å². The number of aryl methyl sites for hydroxylation is 1. The van der Waals surface area contributed by atoms with Crippen LogP contribution in [-0.4, -0.2) is 22.4 Å². The van der Waals surface area contributed by atoms with Gasteiger partial charge in [0.25, 0.3) is 0 Å². The summed E-state index contributed by atoms with van der Waals surface area (Å²) in [4.78, 5) is 12.1. The maximum Gasteiger partial charge on any atom is 0.338 e. The fourth-order valence-electron chi connectivity index (χ4n) is 1.96. The molecular formula is C17H18N2O3. The lowest BCUT2D eigenvalue weighted by Gasteiger charge is -2.11. The van der Waals surface area contributed by atoms with Gasteiger partial charge in [-0.15, -0.1) is 11.5 Å². The minimum absolute atomic E-state index is 0.161. The van der Waals surface area contributed by atoms with Gasteiger partial charge in [-0.25, -0.2) is 4.79 Å². The predicted molar refractivity (Wildman–Crippen MR) is 82.5 cm³/mol. The average molecular weight is 298 g/mol. The molecule has 0 unspecified atom stereocenters. The Labute approximate surface area is 129 Å². The minimum atomic E-state index is -0.390. The highest BCUT2D eigenvalue weighted by Gasteiger charge is 2.16. The molecule has 2 rings (SSSR count). The molecule has 0 bridgehead atoms. The summed E-state index contributed by atoms with van der Waals surface area (Å²) in [6, 6.07) is 6.94. The second-order valence-corrected chi connectivity index (χ2v) is 4.73. The van der Waals surface area contributed by atoms with Gasteiger partial charge in [-0.05, 0) is 18.6 Å². The highest BCUT2D eigenvalue weighted by molar-refractivity contribution is 5.91. The monoisotopic (exact) mass is 298 g/mol. The van der Waals surface area contributed by atoms with Gasteiger partial charge in [0.2, 0.25) is 5.88 Å². The number of esters is 1. The summed E-state index contributed by atoms with van der Waals surface area (Å²) in [6.07, 6.45) is 8.06. The molecule has 0 aliphatic carbocycles. The van der Waals surface area contributed by atoms with Crippen molar-refractivity contribution in [2.24, 2.45) is 7.05 Å². The van der Waals surface area contributed by atoms with Crippen molar-refractivity contribution in [3.05, 3.63) is 47.2 Å². The number of rotatable bonds is 6. The Hall–Kier alpha value is -2.74. The van der Waals surface area contributed by atoms with E-state index >= 15 is 0 Å². The first-order chi connectivity index (χ1) is 10.7. The molecule has 1 aromatic heterocycles. The third-order valence-electron chi connectivity index (χ3n) is 3.04. The quantitative estimate of drug-likeness (QED) is 0.607. The summed E-state index contributed by atoms with van der Waals surface area (Å²) in [5.41, 5.74) is 1.68. The molecule has 0 amide bonds. The minimum Gasteiger partial charge on any atom is -0.472 e. The average Bonchev–Trinajstić information content (AvgIpc) is 2.95. The van der Waals surface area contributed by atoms with E-state index in [2.05, 4.69) is 11.0 Å². The summed E-state index contributed by atoms with van der Waals surface area (Å²) in [5, 5.41) is 4.13. The SMILES string of the molecule is C#Cc1cccc(C(=O)OCCC)c1COc1ccn(C)n1. The number of nitrogens with zero attached hydrogens (tertiary/aromatic N) is 2. The van der Waals surface area contributed by atoms with Crippen LogP contribution in [0.5, 0.6) is 5.88 Å². The largest absolute Gasteiger partial charge is 0.472 e. The summed E-state index contributed by atoms with van der Waals surface area (Å²) in [7, 11) is 1.80. The summed E-state index contributed by atoms with van der Waals surface area (Å²) < 4.78 is 12.4. The molecule has 114 valence electrons. The fraction of sp³-hybridized carbons (Fsp3) is 0.294. The molecule has 5 nitrogen and oxygen atoms in total. The zero-order valence-electron chi connectivity index (χ0n) is 12.7. The molecule has 0 spiro atoms. The molecule has 0 fully saturated rings. The maximum atomic E-state index is 12.1. The molecule has 0 aliphatic rings. The fourth-order valence-corrected chi connectivity index (χ4v) is 1.96. The number of hydrogen-bond acceptors (Lipinski definition) is 4. The first-order valence-corrected chi connectivity index (χ1v) is 7.03. The van der Waals surface area contributed by atoms with Crippen LogP contribution in [0.1, 0.15) is 34.8 Å². The molecule has 2 aromatic rings. The van der Waals surface area contributed by atoms with Gasteiger partial charge in [-0.3, -0.25) is 4.68 Å². The van der Waals surface area contributed by atoms with Gasteiger partial charge in [0.05, 0.1) is 12.2 Å². The van der Waals surface area contributed by atoms with E-state index in [0.29, 0.717) is 29.2 Å². The van der Waals surface area contributed by atoms with E-state index in [1.807, 2.05) is 6.92 Å². The number of carbonyl (C=O) groups is 1. The standard InChI is InChI=1S/C17H18N2O3/c1-4-11-21-17(20)14-8-6-7-13(5-2)15(14)12-22-16-9-10-19(3)18-16/h2,6-10H,4,11-12H2,1,3H3. The Morgan fingerprint density at radius 3 is 2.86 bits per heavy atom. The van der Waals surface area contributed by atoms with Gasteiger partial charge in [-0.1, -0.05) is 18.9 Å². The van der Waals surface area contributed by atoms with Gasteiger partial charge < -0.3 is 9.47 Å². The van der Waals surface area contributed by atoms with Crippen molar-refractivity contribution < 1.29 is 14.3 Å². The van der Waals surface area contributed by atoms with Crippen LogP contribution in [0.25, 0.3) is 0 Å². The van der Waals surface area contributed by atoms with Crippen molar-refractivity contribution >= 4 is 5.97 Å². The van der Waals surface area contributed by atoms with E-state index in [9.17, 15) is 4.79 Å². The molecule has 1 heterocycles. The molecule has 0 aliphatic heterocycles. The van der Waals surface area contributed by atoms with Crippen LogP contribution in [-0.2, 0) is 18.4 Å². The Bertz CT molecular complexity index is 698. The third kappa shape index (κ3) is 3.67. The van der Waals surface area contributed by atoms with Crippen molar-refractivity contribution in [3.8, 4) is 18.2 Å². The van der Waals surface area contributed by atoms with Gasteiger partial charge in [0.15, 0.2) is 0 Å². The van der Waals surface area contributed by atoms with Crippen LogP contribution in [0.3, 0.4) is 0 Å². The topological polar surface area (TPSA) is 53.4 Å². The summed E-state index contributed by atoms with van der Waals surface area (Å²) >= 11 is 0. The second kappa shape index (κ2) is 7.32. The molecule has 22 heavy (non-hydrogen) atoms. The first-order valence-electron chi connectivity index (χ1n) is 7.03. The highest BCUT2D eigenvalue weighted by Crippen LogP contribution is 2.18. The molecule has 0 N–H and O–H groups in total. The molecule has 5 heteroatoms. The lowest BCUT2D eigenvalue weighted by atomic mass is 10.0. The third-order valence-corrected chi connectivity index (χ3v) is 3.04. The number of terminal acetylenes is 1. The van der Waals surface area contributed by atoms with Gasteiger partial charge in [-0.2, -0.15) is 0 Å². The van der Waals surface area contributed by atoms with E-state index in [1.54, 1.807) is 42.2 Å². The van der Waals surface area contributed by atoms with Crippen LogP contribution in [0.4, 0.5) is 0 Å². The predicted octanol–water partition coefficient (Wildman–Crippen LogP) is 2.55. The maximum absolute atomic E-state index is 12.1. The van der Waals surface area contributed by atoms with Crippen molar-refractivity contribution in [2.45, 2.75) is 20.0 Å². The van der Waals surface area contributed by atoms with E-state index < -0.39 is 5.97 Å². The molecule has 0 saturated carbocycles. The highest BCUT2D eigenvalue weighted by atomic mass is 16.5. The zero-order chi connectivity index (χ0) is 15.9. The number of aromatic nitrogens is 2. The van der Waals surface area contributed by atoms with Crippen LogP contribution in [0.2, 0.25) is 0 Å². The first kappa shape index (κ1) is 15.6. The Kier molecular flexibility index (Phi) is 5.21. The Morgan fingerprint density at radius 2 is 2.23 bits per heavy atom. The molecule has 0 radical (unpaired) electrons. The normalized spacial score (nSPS) is 10.0. The van der Waals surface area contributed by atoms with E-state index in [-0.39, 0.29) is 6.61 Å². The van der Waals surface area contributed by atoms with Crippen molar-refractivity contribution in [1.82, 2.24) is 9.78 Å². The number of hydrogen-bond donors (Lipinski definition) is 0. The lowest BCUT2D eigenvalue weighted by Crippen LogP contribution is -2.12. The van der Waals surface area contributed by atoms with Gasteiger partial charge in [0, 0.05) is 30.4 Å².